The molecule has 1 aliphatic rings. The summed E-state index contributed by atoms with van der Waals surface area (Å²) in [6.45, 7) is 2.62. The summed E-state index contributed by atoms with van der Waals surface area (Å²) in [7, 11) is -3.47. The van der Waals surface area contributed by atoms with Crippen molar-refractivity contribution in [2.24, 2.45) is 16.9 Å². The van der Waals surface area contributed by atoms with Crippen LogP contribution < -0.4 is 11.5 Å². The lowest BCUT2D eigenvalue weighted by Gasteiger charge is -2.13. The van der Waals surface area contributed by atoms with Crippen LogP contribution in [-0.4, -0.2) is 26.8 Å². The average Bonchev–Trinajstić information content (AvgIpc) is 3.33. The Labute approximate surface area is 143 Å². The molecule has 0 amide bonds. The highest BCUT2D eigenvalue weighted by atomic mass is 32.2. The fourth-order valence-electron chi connectivity index (χ4n) is 3.74. The van der Waals surface area contributed by atoms with Crippen molar-refractivity contribution in [2.75, 3.05) is 13.1 Å². The van der Waals surface area contributed by atoms with E-state index in [0.717, 1.165) is 12.0 Å². The molecule has 4 nitrogen and oxygen atoms in total. The van der Waals surface area contributed by atoms with E-state index in [-0.39, 0.29) is 19.0 Å². The summed E-state index contributed by atoms with van der Waals surface area (Å²) in [4.78, 5) is 0.342. The summed E-state index contributed by atoms with van der Waals surface area (Å²) < 4.78 is 26.2. The van der Waals surface area contributed by atoms with Gasteiger partial charge < -0.3 is 11.5 Å². The molecule has 1 fully saturated rings. The van der Waals surface area contributed by atoms with Crippen LogP contribution in [0.15, 0.2) is 59.5 Å². The Balaban J connectivity index is 2.02. The minimum absolute atomic E-state index is 0.149. The van der Waals surface area contributed by atoms with Crippen LogP contribution in [0.3, 0.4) is 0 Å². The second-order valence-corrected chi connectivity index (χ2v) is 8.56. The summed E-state index contributed by atoms with van der Waals surface area (Å²) >= 11 is 0. The van der Waals surface area contributed by atoms with Crippen molar-refractivity contribution in [3.63, 3.8) is 0 Å². The third-order valence-corrected chi connectivity index (χ3v) is 7.63. The molecule has 2 atom stereocenters. The van der Waals surface area contributed by atoms with E-state index in [4.69, 9.17) is 11.5 Å². The Morgan fingerprint density at radius 3 is 2.04 bits per heavy atom. The van der Waals surface area contributed by atoms with Crippen LogP contribution in [0.4, 0.5) is 0 Å². The van der Waals surface area contributed by atoms with Gasteiger partial charge in [-0.1, -0.05) is 49.4 Å². The Morgan fingerprint density at radius 1 is 0.958 bits per heavy atom. The van der Waals surface area contributed by atoms with Crippen LogP contribution in [0, 0.1) is 5.41 Å². The maximum absolute atomic E-state index is 13.1. The van der Waals surface area contributed by atoms with Crippen molar-refractivity contribution in [1.82, 2.24) is 0 Å². The highest BCUT2D eigenvalue weighted by Gasteiger charge is 2.69. The molecule has 1 saturated carbocycles. The number of benzene rings is 2. The van der Waals surface area contributed by atoms with Crippen molar-refractivity contribution in [3.8, 4) is 0 Å². The van der Waals surface area contributed by atoms with Crippen LogP contribution in [0.25, 0.3) is 0 Å². The van der Waals surface area contributed by atoms with E-state index in [2.05, 4.69) is 19.1 Å². The number of nitrogens with two attached hydrogens (primary N) is 2. The molecule has 1 aliphatic carbocycles. The van der Waals surface area contributed by atoms with Gasteiger partial charge in [-0.2, -0.15) is 0 Å². The zero-order chi connectivity index (χ0) is 17.4. The van der Waals surface area contributed by atoms with Crippen molar-refractivity contribution in [3.05, 3.63) is 65.7 Å². The fourth-order valence-corrected chi connectivity index (χ4v) is 6.23. The molecular formula is C19H24N2O2S. The first kappa shape index (κ1) is 17.1. The highest BCUT2D eigenvalue weighted by Crippen LogP contribution is 2.62. The van der Waals surface area contributed by atoms with Gasteiger partial charge in [-0.25, -0.2) is 8.42 Å². The van der Waals surface area contributed by atoms with Gasteiger partial charge in [0.15, 0.2) is 9.84 Å². The summed E-state index contributed by atoms with van der Waals surface area (Å²) in [5.41, 5.74) is 13.6. The first-order valence-electron chi connectivity index (χ1n) is 8.29. The zero-order valence-corrected chi connectivity index (χ0v) is 14.7. The average molecular weight is 344 g/mol. The topological polar surface area (TPSA) is 86.2 Å². The number of sulfone groups is 1. The predicted octanol–water partition coefficient (Wildman–Crippen LogP) is 2.09. The number of aryl methyl sites for hydroxylation is 1. The second-order valence-electron chi connectivity index (χ2n) is 6.49. The zero-order valence-electron chi connectivity index (χ0n) is 13.9. The SMILES string of the molecule is CCc1ccc(C2C(S(=O)(=O)c3ccccc3)C2(CN)CN)cc1. The van der Waals surface area contributed by atoms with E-state index in [0.29, 0.717) is 4.90 Å². The Morgan fingerprint density at radius 2 is 1.54 bits per heavy atom. The molecule has 4 N–H and O–H groups in total. The van der Waals surface area contributed by atoms with Crippen molar-refractivity contribution in [2.45, 2.75) is 29.4 Å². The summed E-state index contributed by atoms with van der Waals surface area (Å²) in [6, 6.07) is 16.7. The van der Waals surface area contributed by atoms with Gasteiger partial charge in [-0.3, -0.25) is 0 Å². The lowest BCUT2D eigenvalue weighted by molar-refractivity contribution is 0.510. The molecule has 0 aliphatic heterocycles. The molecule has 5 heteroatoms. The quantitative estimate of drug-likeness (QED) is 0.840. The van der Waals surface area contributed by atoms with Gasteiger partial charge in [0, 0.05) is 24.4 Å². The lowest BCUT2D eigenvalue weighted by Crippen LogP contribution is -2.31. The molecule has 0 saturated heterocycles. The van der Waals surface area contributed by atoms with E-state index < -0.39 is 20.5 Å². The Bertz CT molecular complexity index is 797. The highest BCUT2D eigenvalue weighted by molar-refractivity contribution is 7.92. The van der Waals surface area contributed by atoms with Gasteiger partial charge in [-0.05, 0) is 29.7 Å². The summed E-state index contributed by atoms with van der Waals surface area (Å²) in [5, 5.41) is -0.560. The molecule has 128 valence electrons. The minimum Gasteiger partial charge on any atom is -0.330 e. The first-order valence-corrected chi connectivity index (χ1v) is 9.84. The van der Waals surface area contributed by atoms with Crippen LogP contribution in [0.1, 0.15) is 24.0 Å². The predicted molar refractivity (Wildman–Crippen MR) is 96.5 cm³/mol. The van der Waals surface area contributed by atoms with E-state index in [9.17, 15) is 8.42 Å². The molecule has 0 heterocycles. The largest absolute Gasteiger partial charge is 0.330 e. The lowest BCUT2D eigenvalue weighted by atomic mass is 9.98. The summed E-state index contributed by atoms with van der Waals surface area (Å²) in [5.74, 6) is -0.149. The molecule has 2 aromatic carbocycles. The molecule has 0 bridgehead atoms. The van der Waals surface area contributed by atoms with E-state index in [1.165, 1.54) is 5.56 Å². The standard InChI is InChI=1S/C19H24N2O2S/c1-2-14-8-10-15(11-9-14)17-18(19(17,12-20)13-21)24(22,23)16-6-4-3-5-7-16/h3-11,17-18H,2,12-13,20-21H2,1H3. The molecule has 24 heavy (non-hydrogen) atoms. The van der Waals surface area contributed by atoms with Gasteiger partial charge in [0.1, 0.15) is 0 Å². The van der Waals surface area contributed by atoms with Crippen molar-refractivity contribution in [1.29, 1.82) is 0 Å². The van der Waals surface area contributed by atoms with Gasteiger partial charge in [-0.15, -0.1) is 0 Å². The maximum atomic E-state index is 13.1. The molecule has 3 rings (SSSR count). The normalized spacial score (nSPS) is 22.3. The fraction of sp³-hybridized carbons (Fsp3) is 0.368. The molecule has 2 aromatic rings. The first-order chi connectivity index (χ1) is 11.5. The third-order valence-electron chi connectivity index (χ3n) is 5.29. The van der Waals surface area contributed by atoms with Gasteiger partial charge >= 0.3 is 0 Å². The van der Waals surface area contributed by atoms with Gasteiger partial charge in [0.25, 0.3) is 0 Å². The van der Waals surface area contributed by atoms with Crippen LogP contribution >= 0.6 is 0 Å². The number of rotatable bonds is 6. The molecule has 0 aromatic heterocycles. The molecular weight excluding hydrogens is 320 g/mol. The van der Waals surface area contributed by atoms with Gasteiger partial charge in [0.2, 0.25) is 0 Å². The Kier molecular flexibility index (Phi) is 4.51. The van der Waals surface area contributed by atoms with Crippen LogP contribution in [0.2, 0.25) is 0 Å². The van der Waals surface area contributed by atoms with Crippen molar-refractivity contribution >= 4 is 9.84 Å². The van der Waals surface area contributed by atoms with E-state index in [1.54, 1.807) is 24.3 Å². The molecule has 0 spiro atoms. The van der Waals surface area contributed by atoms with Gasteiger partial charge in [0.05, 0.1) is 10.1 Å². The monoisotopic (exact) mass is 344 g/mol. The second kappa shape index (κ2) is 6.31. The van der Waals surface area contributed by atoms with Crippen LogP contribution in [-0.2, 0) is 16.3 Å². The molecule has 2 unspecified atom stereocenters. The third kappa shape index (κ3) is 2.57. The van der Waals surface area contributed by atoms with E-state index in [1.807, 2.05) is 18.2 Å². The number of hydrogen-bond donors (Lipinski definition) is 2. The summed E-state index contributed by atoms with van der Waals surface area (Å²) in [6.07, 6.45) is 0.954. The van der Waals surface area contributed by atoms with E-state index >= 15 is 0 Å². The minimum atomic E-state index is -3.47. The van der Waals surface area contributed by atoms with Crippen molar-refractivity contribution < 1.29 is 8.42 Å². The molecule has 0 radical (unpaired) electrons. The smallest absolute Gasteiger partial charge is 0.182 e. The maximum Gasteiger partial charge on any atom is 0.182 e. The Hall–Kier alpha value is -1.69. The van der Waals surface area contributed by atoms with Crippen LogP contribution in [0.5, 0.6) is 0 Å². The number of hydrogen-bond acceptors (Lipinski definition) is 4.